The molecule has 1 aromatic heterocycles. The van der Waals surface area contributed by atoms with Gasteiger partial charge in [-0.25, -0.2) is 4.98 Å². The fourth-order valence-corrected chi connectivity index (χ4v) is 2.68. The number of hydrogen-bond acceptors (Lipinski definition) is 1. The van der Waals surface area contributed by atoms with E-state index in [4.69, 9.17) is 23.2 Å². The van der Waals surface area contributed by atoms with Crippen LogP contribution in [-0.4, -0.2) is 9.55 Å². The summed E-state index contributed by atoms with van der Waals surface area (Å²) in [7, 11) is 0. The first-order chi connectivity index (χ1) is 8.48. The molecule has 0 aliphatic heterocycles. The molecule has 1 fully saturated rings. The van der Waals surface area contributed by atoms with Crippen molar-refractivity contribution in [2.45, 2.75) is 38.6 Å². The van der Waals surface area contributed by atoms with Gasteiger partial charge < -0.3 is 4.57 Å². The Labute approximate surface area is 117 Å². The first kappa shape index (κ1) is 12.3. The molecule has 18 heavy (non-hydrogen) atoms. The van der Waals surface area contributed by atoms with E-state index in [0.29, 0.717) is 5.41 Å². The molecule has 1 aromatic carbocycles. The van der Waals surface area contributed by atoms with Crippen molar-refractivity contribution in [3.05, 3.63) is 29.0 Å². The molecule has 1 aliphatic rings. The first-order valence-electron chi connectivity index (χ1n) is 6.28. The van der Waals surface area contributed by atoms with Crippen LogP contribution in [0.1, 0.15) is 37.9 Å². The van der Waals surface area contributed by atoms with Crippen molar-refractivity contribution in [3.8, 4) is 0 Å². The molecule has 0 amide bonds. The van der Waals surface area contributed by atoms with E-state index in [9.17, 15) is 0 Å². The fourth-order valence-electron chi connectivity index (χ4n) is 2.34. The number of aromatic nitrogens is 2. The molecular formula is C14H16Cl2N2. The van der Waals surface area contributed by atoms with Gasteiger partial charge in [0.2, 0.25) is 0 Å². The van der Waals surface area contributed by atoms with Crippen LogP contribution in [0, 0.1) is 5.41 Å². The minimum absolute atomic E-state index is 0.0847. The summed E-state index contributed by atoms with van der Waals surface area (Å²) in [6.07, 6.45) is 2.58. The zero-order chi connectivity index (χ0) is 12.9. The number of hydrogen-bond donors (Lipinski definition) is 0. The van der Waals surface area contributed by atoms with Crippen LogP contribution in [0.2, 0.25) is 5.02 Å². The molecule has 0 N–H and O–H groups in total. The van der Waals surface area contributed by atoms with Gasteiger partial charge in [-0.1, -0.05) is 18.5 Å². The third-order valence-corrected chi connectivity index (χ3v) is 4.17. The van der Waals surface area contributed by atoms with Crippen LogP contribution >= 0.6 is 23.2 Å². The van der Waals surface area contributed by atoms with Crippen molar-refractivity contribution >= 4 is 34.2 Å². The first-order valence-corrected chi connectivity index (χ1v) is 7.10. The lowest BCUT2D eigenvalue weighted by Gasteiger charge is -2.14. The van der Waals surface area contributed by atoms with E-state index in [1.54, 1.807) is 0 Å². The van der Waals surface area contributed by atoms with Gasteiger partial charge >= 0.3 is 0 Å². The molecule has 1 unspecified atom stereocenters. The van der Waals surface area contributed by atoms with E-state index >= 15 is 0 Å². The summed E-state index contributed by atoms with van der Waals surface area (Å²) >= 11 is 12.3. The lowest BCUT2D eigenvalue weighted by molar-refractivity contribution is 0.461. The largest absolute Gasteiger partial charge is 0.326 e. The number of nitrogens with zero attached hydrogens (tertiary/aromatic N) is 2. The van der Waals surface area contributed by atoms with Gasteiger partial charge in [-0.15, -0.1) is 11.6 Å². The van der Waals surface area contributed by atoms with E-state index in [2.05, 4.69) is 16.5 Å². The van der Waals surface area contributed by atoms with Gasteiger partial charge in [0, 0.05) is 11.6 Å². The van der Waals surface area contributed by atoms with Gasteiger partial charge in [0.1, 0.15) is 5.82 Å². The Balaban J connectivity index is 2.15. The lowest BCUT2D eigenvalue weighted by Crippen LogP contribution is -2.11. The summed E-state index contributed by atoms with van der Waals surface area (Å²) in [5, 5.41) is 0.636. The van der Waals surface area contributed by atoms with Crippen LogP contribution in [0.25, 0.3) is 11.0 Å². The van der Waals surface area contributed by atoms with Gasteiger partial charge in [-0.05, 0) is 43.4 Å². The minimum Gasteiger partial charge on any atom is -0.326 e. The molecule has 1 aliphatic carbocycles. The summed E-state index contributed by atoms with van der Waals surface area (Å²) in [5.74, 6) is 0.946. The highest BCUT2D eigenvalue weighted by molar-refractivity contribution is 6.31. The molecule has 1 saturated carbocycles. The monoisotopic (exact) mass is 282 g/mol. The van der Waals surface area contributed by atoms with Crippen molar-refractivity contribution in [2.24, 2.45) is 5.41 Å². The Morgan fingerprint density at radius 1 is 1.44 bits per heavy atom. The molecule has 0 bridgehead atoms. The number of rotatable bonds is 3. The van der Waals surface area contributed by atoms with Crippen molar-refractivity contribution in [1.29, 1.82) is 0 Å². The highest BCUT2D eigenvalue weighted by Gasteiger charge is 2.38. The predicted molar refractivity (Wildman–Crippen MR) is 76.4 cm³/mol. The Hall–Kier alpha value is -0.730. The Morgan fingerprint density at radius 2 is 2.17 bits per heavy atom. The van der Waals surface area contributed by atoms with Gasteiger partial charge in [-0.2, -0.15) is 0 Å². The van der Waals surface area contributed by atoms with Crippen LogP contribution in [0.5, 0.6) is 0 Å². The van der Waals surface area contributed by atoms with E-state index < -0.39 is 0 Å². The van der Waals surface area contributed by atoms with Crippen molar-refractivity contribution in [3.63, 3.8) is 0 Å². The average molecular weight is 283 g/mol. The van der Waals surface area contributed by atoms with Crippen LogP contribution in [-0.2, 0) is 6.54 Å². The summed E-state index contributed by atoms with van der Waals surface area (Å²) in [5.41, 5.74) is 2.50. The second-order valence-electron chi connectivity index (χ2n) is 5.62. The second-order valence-corrected chi connectivity index (χ2v) is 6.71. The quantitative estimate of drug-likeness (QED) is 0.740. The Morgan fingerprint density at radius 3 is 2.78 bits per heavy atom. The SMILES string of the molecule is CC(Cl)c1nc2cc(Cl)ccc2n1CC1(C)CC1. The second kappa shape index (κ2) is 4.14. The van der Waals surface area contributed by atoms with Crippen LogP contribution in [0.15, 0.2) is 18.2 Å². The van der Waals surface area contributed by atoms with Crippen LogP contribution in [0.4, 0.5) is 0 Å². The van der Waals surface area contributed by atoms with E-state index in [1.165, 1.54) is 12.8 Å². The highest BCUT2D eigenvalue weighted by atomic mass is 35.5. The topological polar surface area (TPSA) is 17.8 Å². The molecule has 4 heteroatoms. The number of alkyl halides is 1. The Kier molecular flexibility index (Phi) is 2.83. The molecule has 1 heterocycles. The van der Waals surface area contributed by atoms with Gasteiger partial charge in [0.05, 0.1) is 16.4 Å². The summed E-state index contributed by atoms with van der Waals surface area (Å²) in [4.78, 5) is 4.63. The molecule has 3 rings (SSSR count). The van der Waals surface area contributed by atoms with Crippen LogP contribution < -0.4 is 0 Å². The van der Waals surface area contributed by atoms with E-state index in [0.717, 1.165) is 28.4 Å². The Bertz CT molecular complexity index is 597. The van der Waals surface area contributed by atoms with E-state index in [-0.39, 0.29) is 5.38 Å². The minimum atomic E-state index is -0.0847. The third kappa shape index (κ3) is 2.12. The van der Waals surface area contributed by atoms with Crippen LogP contribution in [0.3, 0.4) is 0 Å². The number of benzene rings is 1. The predicted octanol–water partition coefficient (Wildman–Crippen LogP) is 4.79. The van der Waals surface area contributed by atoms with Crippen molar-refractivity contribution in [2.75, 3.05) is 0 Å². The van der Waals surface area contributed by atoms with Crippen molar-refractivity contribution in [1.82, 2.24) is 9.55 Å². The molecule has 0 saturated heterocycles. The number of imidazole rings is 1. The molecule has 0 spiro atoms. The summed E-state index contributed by atoms with van der Waals surface area (Å²) < 4.78 is 2.26. The van der Waals surface area contributed by atoms with E-state index in [1.807, 2.05) is 25.1 Å². The highest BCUT2D eigenvalue weighted by Crippen LogP contribution is 2.47. The molecular weight excluding hydrogens is 267 g/mol. The molecule has 96 valence electrons. The summed E-state index contributed by atoms with van der Waals surface area (Å²) in [6, 6.07) is 5.87. The maximum absolute atomic E-state index is 6.25. The van der Waals surface area contributed by atoms with Gasteiger partial charge in [-0.3, -0.25) is 0 Å². The van der Waals surface area contributed by atoms with Crippen molar-refractivity contribution < 1.29 is 0 Å². The maximum atomic E-state index is 6.25. The van der Waals surface area contributed by atoms with Gasteiger partial charge in [0.25, 0.3) is 0 Å². The average Bonchev–Trinajstić information content (AvgIpc) is 2.91. The summed E-state index contributed by atoms with van der Waals surface area (Å²) in [6.45, 7) is 5.28. The third-order valence-electron chi connectivity index (χ3n) is 3.74. The molecule has 2 nitrogen and oxygen atoms in total. The lowest BCUT2D eigenvalue weighted by atomic mass is 10.1. The van der Waals surface area contributed by atoms with Gasteiger partial charge in [0.15, 0.2) is 0 Å². The maximum Gasteiger partial charge on any atom is 0.127 e. The number of fused-ring (bicyclic) bond motifs is 1. The zero-order valence-electron chi connectivity index (χ0n) is 10.6. The number of halogens is 2. The molecule has 0 radical (unpaired) electrons. The molecule has 2 aromatic rings. The standard InChI is InChI=1S/C14H16Cl2N2/c1-9(15)13-17-11-7-10(16)3-4-12(11)18(13)8-14(2)5-6-14/h3-4,7,9H,5-6,8H2,1-2H3. The normalized spacial score (nSPS) is 19.1. The zero-order valence-corrected chi connectivity index (χ0v) is 12.1. The smallest absolute Gasteiger partial charge is 0.127 e. The molecule has 1 atom stereocenters. The fraction of sp³-hybridized carbons (Fsp3) is 0.500.